The molecule has 0 saturated carbocycles. The maximum atomic E-state index is 12.7. The van der Waals surface area contributed by atoms with E-state index in [1.807, 2.05) is 38.1 Å². The van der Waals surface area contributed by atoms with E-state index in [1.165, 1.54) is 17.5 Å². The lowest BCUT2D eigenvalue weighted by atomic mass is 10.2. The number of hydrogen-bond acceptors (Lipinski definition) is 7. The molecule has 9 heteroatoms. The van der Waals surface area contributed by atoms with Crippen molar-refractivity contribution in [3.63, 3.8) is 0 Å². The first kappa shape index (κ1) is 19.7. The number of nitrogens with zero attached hydrogens (tertiary/aromatic N) is 3. The number of carbonyl (C=O) groups is 2. The summed E-state index contributed by atoms with van der Waals surface area (Å²) in [7, 11) is 0. The first-order valence-corrected chi connectivity index (χ1v) is 10.1. The van der Waals surface area contributed by atoms with Crippen LogP contribution in [0.5, 0.6) is 0 Å². The van der Waals surface area contributed by atoms with Crippen LogP contribution < -0.4 is 10.7 Å². The fraction of sp³-hybridized carbons (Fsp3) is 0.190. The van der Waals surface area contributed by atoms with Crippen LogP contribution in [0, 0.1) is 6.92 Å². The lowest BCUT2D eigenvalue weighted by molar-refractivity contribution is -0.119. The molecule has 8 nitrogen and oxygen atoms in total. The van der Waals surface area contributed by atoms with Gasteiger partial charge in [0.2, 0.25) is 5.43 Å². The zero-order chi connectivity index (χ0) is 21.3. The summed E-state index contributed by atoms with van der Waals surface area (Å²) >= 11 is 1.32. The van der Waals surface area contributed by atoms with Crippen LogP contribution in [-0.2, 0) is 16.1 Å². The zero-order valence-corrected chi connectivity index (χ0v) is 17.2. The van der Waals surface area contributed by atoms with Gasteiger partial charge in [0, 0.05) is 18.4 Å². The minimum Gasteiger partial charge on any atom is -0.452 e. The van der Waals surface area contributed by atoms with Gasteiger partial charge in [0.25, 0.3) is 5.91 Å². The number of anilines is 1. The summed E-state index contributed by atoms with van der Waals surface area (Å²) in [5, 5.41) is 3.35. The Balaban J connectivity index is 1.50. The normalized spacial score (nSPS) is 11.0. The third-order valence-electron chi connectivity index (χ3n) is 4.50. The van der Waals surface area contributed by atoms with Gasteiger partial charge in [-0.1, -0.05) is 23.5 Å². The molecule has 0 unspecified atom stereocenters. The quantitative estimate of drug-likeness (QED) is 0.496. The highest BCUT2D eigenvalue weighted by Gasteiger charge is 2.19. The van der Waals surface area contributed by atoms with E-state index in [9.17, 15) is 14.4 Å². The lowest BCUT2D eigenvalue weighted by Gasteiger charge is -2.11. The van der Waals surface area contributed by atoms with Crippen LogP contribution in [0.25, 0.3) is 21.3 Å². The molecule has 0 aliphatic heterocycles. The van der Waals surface area contributed by atoms with Crippen LogP contribution in [0.4, 0.5) is 5.13 Å². The van der Waals surface area contributed by atoms with Crippen molar-refractivity contribution in [2.75, 3.05) is 11.9 Å². The number of hydrogen-bond donors (Lipinski definition) is 1. The zero-order valence-electron chi connectivity index (χ0n) is 16.3. The third kappa shape index (κ3) is 3.79. The van der Waals surface area contributed by atoms with E-state index < -0.39 is 23.9 Å². The molecule has 0 atom stereocenters. The SMILES string of the molecule is CCn1cc(C(=O)OCC(=O)Nc2nc3ccccc3s2)c(=O)c2ccc(C)nc21. The van der Waals surface area contributed by atoms with Crippen molar-refractivity contribution in [3.8, 4) is 0 Å². The molecule has 3 heterocycles. The van der Waals surface area contributed by atoms with Crippen LogP contribution in [0.15, 0.2) is 47.4 Å². The molecule has 152 valence electrons. The largest absolute Gasteiger partial charge is 0.452 e. The molecule has 0 aliphatic rings. The molecule has 0 aliphatic carbocycles. The van der Waals surface area contributed by atoms with Crippen molar-refractivity contribution < 1.29 is 14.3 Å². The summed E-state index contributed by atoms with van der Waals surface area (Å²) in [6.45, 7) is 3.71. The number of pyridine rings is 2. The Labute approximate surface area is 175 Å². The van der Waals surface area contributed by atoms with E-state index in [-0.39, 0.29) is 5.56 Å². The van der Waals surface area contributed by atoms with Crippen molar-refractivity contribution >= 4 is 49.6 Å². The first-order chi connectivity index (χ1) is 14.5. The van der Waals surface area contributed by atoms with Crippen LogP contribution in [0.1, 0.15) is 23.0 Å². The molecule has 4 aromatic rings. The number of fused-ring (bicyclic) bond motifs is 2. The fourth-order valence-corrected chi connectivity index (χ4v) is 3.92. The summed E-state index contributed by atoms with van der Waals surface area (Å²) in [5.41, 5.74) is 1.44. The molecule has 30 heavy (non-hydrogen) atoms. The van der Waals surface area contributed by atoms with Crippen molar-refractivity contribution in [2.24, 2.45) is 0 Å². The topological polar surface area (TPSA) is 103 Å². The van der Waals surface area contributed by atoms with Gasteiger partial charge < -0.3 is 9.30 Å². The van der Waals surface area contributed by atoms with Gasteiger partial charge in [-0.05, 0) is 38.1 Å². The lowest BCUT2D eigenvalue weighted by Crippen LogP contribution is -2.25. The Hall–Kier alpha value is -3.59. The second-order valence-electron chi connectivity index (χ2n) is 6.59. The average Bonchev–Trinajstić information content (AvgIpc) is 3.14. The summed E-state index contributed by atoms with van der Waals surface area (Å²) < 4.78 is 7.73. The fourth-order valence-electron chi connectivity index (χ4n) is 3.04. The molecule has 0 bridgehead atoms. The van der Waals surface area contributed by atoms with Gasteiger partial charge in [-0.25, -0.2) is 14.8 Å². The molecular weight excluding hydrogens is 404 g/mol. The number of rotatable bonds is 5. The van der Waals surface area contributed by atoms with Gasteiger partial charge in [0.05, 0.1) is 15.6 Å². The van der Waals surface area contributed by atoms with E-state index in [2.05, 4.69) is 15.3 Å². The summed E-state index contributed by atoms with van der Waals surface area (Å²) in [6, 6.07) is 10.8. The van der Waals surface area contributed by atoms with Gasteiger partial charge >= 0.3 is 5.97 Å². The van der Waals surface area contributed by atoms with E-state index in [0.717, 1.165) is 15.9 Å². The number of carbonyl (C=O) groups excluding carboxylic acids is 2. The van der Waals surface area contributed by atoms with E-state index in [4.69, 9.17) is 4.74 Å². The number of benzene rings is 1. The Morgan fingerprint density at radius 1 is 1.17 bits per heavy atom. The molecule has 1 amide bonds. The second kappa shape index (κ2) is 8.03. The van der Waals surface area contributed by atoms with E-state index >= 15 is 0 Å². The highest BCUT2D eigenvalue weighted by atomic mass is 32.1. The minimum atomic E-state index is -0.857. The summed E-state index contributed by atoms with van der Waals surface area (Å²) in [5.74, 6) is -1.39. The molecule has 3 aromatic heterocycles. The van der Waals surface area contributed by atoms with Crippen molar-refractivity contribution in [3.05, 3.63) is 64.1 Å². The number of aryl methyl sites for hydroxylation is 2. The summed E-state index contributed by atoms with van der Waals surface area (Å²) in [6.07, 6.45) is 1.42. The molecule has 0 fully saturated rings. The smallest absolute Gasteiger partial charge is 0.344 e. The van der Waals surface area contributed by atoms with Crippen LogP contribution in [0.2, 0.25) is 0 Å². The van der Waals surface area contributed by atoms with Crippen molar-refractivity contribution in [1.82, 2.24) is 14.5 Å². The van der Waals surface area contributed by atoms with Crippen molar-refractivity contribution in [2.45, 2.75) is 20.4 Å². The predicted molar refractivity (Wildman–Crippen MR) is 115 cm³/mol. The second-order valence-corrected chi connectivity index (χ2v) is 7.62. The standard InChI is InChI=1S/C21H18N4O4S/c1-3-25-10-14(18(27)13-9-8-12(2)22-19(13)25)20(28)29-11-17(26)24-21-23-15-6-4-5-7-16(15)30-21/h4-10H,3,11H2,1-2H3,(H,23,24,26). The number of ether oxygens (including phenoxy) is 1. The molecule has 0 saturated heterocycles. The Morgan fingerprint density at radius 2 is 1.97 bits per heavy atom. The van der Waals surface area contributed by atoms with Gasteiger partial charge in [-0.15, -0.1) is 0 Å². The number of nitrogens with one attached hydrogen (secondary N) is 1. The Kier molecular flexibility index (Phi) is 5.28. The number of thiazole rings is 1. The Bertz CT molecular complexity index is 1310. The molecular formula is C21H18N4O4S. The maximum absolute atomic E-state index is 12.7. The minimum absolute atomic E-state index is 0.136. The van der Waals surface area contributed by atoms with Crippen LogP contribution in [0.3, 0.4) is 0 Å². The van der Waals surface area contributed by atoms with Crippen LogP contribution >= 0.6 is 11.3 Å². The number of amides is 1. The molecule has 4 rings (SSSR count). The highest BCUT2D eigenvalue weighted by molar-refractivity contribution is 7.22. The van der Waals surface area contributed by atoms with Crippen molar-refractivity contribution in [1.29, 1.82) is 0 Å². The Morgan fingerprint density at radius 3 is 2.73 bits per heavy atom. The average molecular weight is 422 g/mol. The third-order valence-corrected chi connectivity index (χ3v) is 5.45. The number of para-hydroxylation sites is 1. The molecule has 1 N–H and O–H groups in total. The number of aromatic nitrogens is 3. The van der Waals surface area contributed by atoms with Gasteiger partial charge in [0.1, 0.15) is 11.2 Å². The van der Waals surface area contributed by atoms with Gasteiger partial charge in [-0.2, -0.15) is 0 Å². The first-order valence-electron chi connectivity index (χ1n) is 9.29. The predicted octanol–water partition coefficient (Wildman–Crippen LogP) is 3.13. The maximum Gasteiger partial charge on any atom is 0.344 e. The van der Waals surface area contributed by atoms with Crippen LogP contribution in [-0.4, -0.2) is 33.0 Å². The molecule has 0 radical (unpaired) electrons. The molecule has 0 spiro atoms. The monoisotopic (exact) mass is 422 g/mol. The molecule has 1 aromatic carbocycles. The summed E-state index contributed by atoms with van der Waals surface area (Å²) in [4.78, 5) is 46.1. The van der Waals surface area contributed by atoms with E-state index in [0.29, 0.717) is 22.7 Å². The highest BCUT2D eigenvalue weighted by Crippen LogP contribution is 2.25. The van der Waals surface area contributed by atoms with Gasteiger partial charge in [0.15, 0.2) is 11.7 Å². The van der Waals surface area contributed by atoms with Gasteiger partial charge in [-0.3, -0.25) is 14.9 Å². The van der Waals surface area contributed by atoms with E-state index in [1.54, 1.807) is 16.7 Å². The number of esters is 1.